The van der Waals surface area contributed by atoms with Gasteiger partial charge >= 0.3 is 5.97 Å². The molecule has 0 radical (unpaired) electrons. The first kappa shape index (κ1) is 11.2. The summed E-state index contributed by atoms with van der Waals surface area (Å²) in [7, 11) is 0. The van der Waals surface area contributed by atoms with Crippen LogP contribution >= 0.6 is 23.2 Å². The van der Waals surface area contributed by atoms with Crippen molar-refractivity contribution in [3.63, 3.8) is 0 Å². The molecule has 0 unspecified atom stereocenters. The van der Waals surface area contributed by atoms with Crippen LogP contribution in [0, 0.1) is 0 Å². The molecule has 0 bridgehead atoms. The number of fused-ring (bicyclic) bond motifs is 1. The van der Waals surface area contributed by atoms with Crippen molar-refractivity contribution < 1.29 is 9.53 Å². The Hall–Kier alpha value is -1.33. The maximum Gasteiger partial charge on any atom is 0.339 e. The van der Waals surface area contributed by atoms with Crippen molar-refractivity contribution >= 4 is 34.7 Å². The molecule has 2 heterocycles. The van der Waals surface area contributed by atoms with Gasteiger partial charge in [-0.25, -0.2) is 14.3 Å². The molecule has 5 nitrogen and oxygen atoms in total. The second-order valence-electron chi connectivity index (χ2n) is 2.95. The zero-order chi connectivity index (χ0) is 11.7. The number of aromatic nitrogens is 3. The first-order valence-electron chi connectivity index (χ1n) is 4.50. The van der Waals surface area contributed by atoms with E-state index < -0.39 is 5.97 Å². The summed E-state index contributed by atoms with van der Waals surface area (Å²) in [4.78, 5) is 15.2. The minimum absolute atomic E-state index is 0.0171. The molecule has 0 spiro atoms. The predicted octanol–water partition coefficient (Wildman–Crippen LogP) is 2.21. The molecule has 16 heavy (non-hydrogen) atoms. The maximum atomic E-state index is 11.5. The van der Waals surface area contributed by atoms with Gasteiger partial charge in [-0.2, -0.15) is 0 Å². The minimum atomic E-state index is -0.430. The van der Waals surface area contributed by atoms with E-state index in [2.05, 4.69) is 10.1 Å². The zero-order valence-electron chi connectivity index (χ0n) is 8.28. The summed E-state index contributed by atoms with van der Waals surface area (Å²) in [5.41, 5.74) is 0.870. The van der Waals surface area contributed by atoms with Gasteiger partial charge in [-0.05, 0) is 24.6 Å². The highest BCUT2D eigenvalue weighted by atomic mass is 35.5. The molecular weight excluding hydrogens is 253 g/mol. The standard InChI is InChI=1S/C9H7Cl2N3O2/c1-2-16-8(15)5-3-6-7(10)12-9(11)13-14(6)4-5/h3-4H,2H2,1H3. The minimum Gasteiger partial charge on any atom is -0.462 e. The quantitative estimate of drug-likeness (QED) is 0.777. The van der Waals surface area contributed by atoms with Crippen LogP contribution in [0.5, 0.6) is 0 Å². The fourth-order valence-corrected chi connectivity index (χ4v) is 1.69. The molecule has 0 N–H and O–H groups in total. The molecule has 0 saturated heterocycles. The summed E-state index contributed by atoms with van der Waals surface area (Å²) in [5.74, 6) is -0.430. The largest absolute Gasteiger partial charge is 0.462 e. The normalized spacial score (nSPS) is 10.7. The molecule has 0 atom stereocenters. The maximum absolute atomic E-state index is 11.5. The number of esters is 1. The van der Waals surface area contributed by atoms with E-state index >= 15 is 0 Å². The lowest BCUT2D eigenvalue weighted by Crippen LogP contribution is -2.02. The van der Waals surface area contributed by atoms with E-state index in [1.54, 1.807) is 13.0 Å². The van der Waals surface area contributed by atoms with Gasteiger partial charge in [0.15, 0.2) is 5.15 Å². The molecule has 7 heteroatoms. The van der Waals surface area contributed by atoms with E-state index in [1.165, 1.54) is 10.7 Å². The molecule has 0 aliphatic rings. The van der Waals surface area contributed by atoms with Gasteiger partial charge in [-0.1, -0.05) is 11.6 Å². The van der Waals surface area contributed by atoms with Gasteiger partial charge in [0.2, 0.25) is 5.28 Å². The summed E-state index contributed by atoms with van der Waals surface area (Å²) in [5, 5.41) is 4.09. The second-order valence-corrected chi connectivity index (χ2v) is 3.65. The smallest absolute Gasteiger partial charge is 0.339 e. The number of ether oxygens (including phenoxy) is 1. The summed E-state index contributed by atoms with van der Waals surface area (Å²) in [6.07, 6.45) is 1.49. The number of hydrogen-bond donors (Lipinski definition) is 0. The van der Waals surface area contributed by atoms with Gasteiger partial charge in [-0.15, -0.1) is 5.10 Å². The molecule has 2 rings (SSSR count). The van der Waals surface area contributed by atoms with E-state index in [4.69, 9.17) is 27.9 Å². The molecule has 0 saturated carbocycles. The summed E-state index contributed by atoms with van der Waals surface area (Å²) < 4.78 is 6.24. The molecule has 2 aromatic rings. The van der Waals surface area contributed by atoms with Crippen molar-refractivity contribution in [1.82, 2.24) is 14.6 Å². The van der Waals surface area contributed by atoms with Crippen LogP contribution in [0.1, 0.15) is 17.3 Å². The fourth-order valence-electron chi connectivity index (χ4n) is 1.26. The summed E-state index contributed by atoms with van der Waals surface area (Å²) >= 11 is 11.5. The number of carbonyl (C=O) groups excluding carboxylic acids is 1. The lowest BCUT2D eigenvalue weighted by atomic mass is 10.3. The van der Waals surface area contributed by atoms with Gasteiger partial charge < -0.3 is 4.74 Å². The van der Waals surface area contributed by atoms with Crippen molar-refractivity contribution in [2.24, 2.45) is 0 Å². The Bertz CT molecular complexity index is 553. The molecule has 0 aliphatic carbocycles. The fraction of sp³-hybridized carbons (Fsp3) is 0.222. The van der Waals surface area contributed by atoms with Crippen molar-refractivity contribution in [3.8, 4) is 0 Å². The van der Waals surface area contributed by atoms with Crippen molar-refractivity contribution in [2.75, 3.05) is 6.61 Å². The van der Waals surface area contributed by atoms with Crippen LogP contribution in [0.15, 0.2) is 12.3 Å². The molecule has 0 fully saturated rings. The number of halogens is 2. The predicted molar refractivity (Wildman–Crippen MR) is 59.0 cm³/mol. The third-order valence-electron chi connectivity index (χ3n) is 1.90. The molecule has 2 aromatic heterocycles. The topological polar surface area (TPSA) is 56.5 Å². The van der Waals surface area contributed by atoms with Gasteiger partial charge in [0.1, 0.15) is 5.52 Å². The summed E-state index contributed by atoms with van der Waals surface area (Å²) in [6.45, 7) is 2.04. The van der Waals surface area contributed by atoms with E-state index in [-0.39, 0.29) is 10.4 Å². The SMILES string of the molecule is CCOC(=O)c1cc2c(Cl)nc(Cl)nn2c1. The van der Waals surface area contributed by atoms with Crippen LogP contribution in [0.25, 0.3) is 5.52 Å². The Labute approximate surface area is 101 Å². The van der Waals surface area contributed by atoms with Crippen molar-refractivity contribution in [1.29, 1.82) is 0 Å². The number of carbonyl (C=O) groups is 1. The molecule has 0 amide bonds. The monoisotopic (exact) mass is 259 g/mol. The van der Waals surface area contributed by atoms with E-state index in [0.29, 0.717) is 17.7 Å². The van der Waals surface area contributed by atoms with Crippen LogP contribution in [0.2, 0.25) is 10.4 Å². The van der Waals surface area contributed by atoms with Crippen LogP contribution in [0.4, 0.5) is 0 Å². The van der Waals surface area contributed by atoms with E-state index in [9.17, 15) is 4.79 Å². The Kier molecular flexibility index (Phi) is 2.98. The highest BCUT2D eigenvalue weighted by Crippen LogP contribution is 2.19. The number of hydrogen-bond acceptors (Lipinski definition) is 4. The van der Waals surface area contributed by atoms with Gasteiger partial charge in [-0.3, -0.25) is 0 Å². The van der Waals surface area contributed by atoms with E-state index in [0.717, 1.165) is 0 Å². The van der Waals surface area contributed by atoms with Crippen LogP contribution in [-0.4, -0.2) is 27.2 Å². The third kappa shape index (κ3) is 1.96. The number of rotatable bonds is 2. The van der Waals surface area contributed by atoms with Gasteiger partial charge in [0, 0.05) is 6.20 Å². The first-order chi connectivity index (χ1) is 7.61. The van der Waals surface area contributed by atoms with Crippen LogP contribution in [0.3, 0.4) is 0 Å². The molecule has 84 valence electrons. The van der Waals surface area contributed by atoms with Crippen LogP contribution in [-0.2, 0) is 4.74 Å². The Morgan fingerprint density at radius 3 is 3.00 bits per heavy atom. The average molecular weight is 260 g/mol. The molecular formula is C9H7Cl2N3O2. The highest BCUT2D eigenvalue weighted by Gasteiger charge is 2.13. The van der Waals surface area contributed by atoms with Crippen LogP contribution < -0.4 is 0 Å². The van der Waals surface area contributed by atoms with Gasteiger partial charge in [0.05, 0.1) is 12.2 Å². The zero-order valence-corrected chi connectivity index (χ0v) is 9.79. The Morgan fingerprint density at radius 2 is 2.31 bits per heavy atom. The Balaban J connectivity index is 2.51. The van der Waals surface area contributed by atoms with Crippen molar-refractivity contribution in [2.45, 2.75) is 6.92 Å². The highest BCUT2D eigenvalue weighted by molar-refractivity contribution is 6.34. The number of nitrogens with zero attached hydrogens (tertiary/aromatic N) is 3. The summed E-state index contributed by atoms with van der Waals surface area (Å²) in [6, 6.07) is 1.55. The van der Waals surface area contributed by atoms with Crippen molar-refractivity contribution in [3.05, 3.63) is 28.3 Å². The lowest BCUT2D eigenvalue weighted by Gasteiger charge is -1.96. The third-order valence-corrected chi connectivity index (χ3v) is 2.34. The van der Waals surface area contributed by atoms with E-state index in [1.807, 2.05) is 0 Å². The van der Waals surface area contributed by atoms with Gasteiger partial charge in [0.25, 0.3) is 0 Å². The second kappa shape index (κ2) is 4.27. The average Bonchev–Trinajstić information content (AvgIpc) is 2.62. The first-order valence-corrected chi connectivity index (χ1v) is 5.26. The Morgan fingerprint density at radius 1 is 1.56 bits per heavy atom. The molecule has 0 aromatic carbocycles. The molecule has 0 aliphatic heterocycles. The lowest BCUT2D eigenvalue weighted by molar-refractivity contribution is 0.0526.